The number of nitrogens with two attached hydrogens (primary N) is 1. The number of hydrogen-bond donors (Lipinski definition) is 5. The van der Waals surface area contributed by atoms with E-state index in [-0.39, 0.29) is 38.1 Å². The molecule has 0 saturated heterocycles. The highest BCUT2D eigenvalue weighted by Crippen LogP contribution is 2.44. The zero-order valence-corrected chi connectivity index (χ0v) is 23.4. The third-order valence-electron chi connectivity index (χ3n) is 6.69. The number of urea groups is 1. The molecule has 3 rings (SSSR count). The van der Waals surface area contributed by atoms with Gasteiger partial charge in [-0.25, -0.2) is 9.59 Å². The lowest BCUT2D eigenvalue weighted by Crippen LogP contribution is -2.55. The largest absolute Gasteiger partial charge is 0.449 e. The molecule has 2 aromatic carbocycles. The van der Waals surface area contributed by atoms with Crippen molar-refractivity contribution in [1.29, 1.82) is 0 Å². The van der Waals surface area contributed by atoms with Gasteiger partial charge in [-0.15, -0.1) is 0 Å². The summed E-state index contributed by atoms with van der Waals surface area (Å²) in [5, 5.41) is 10.1. The van der Waals surface area contributed by atoms with E-state index in [1.807, 2.05) is 48.5 Å². The number of primary amides is 1. The van der Waals surface area contributed by atoms with Crippen molar-refractivity contribution < 1.29 is 33.4 Å². The Labute approximate surface area is 238 Å². The number of rotatable bonds is 13. The van der Waals surface area contributed by atoms with Gasteiger partial charge in [-0.3, -0.25) is 14.4 Å². The van der Waals surface area contributed by atoms with Crippen molar-refractivity contribution in [3.8, 4) is 11.1 Å². The molecule has 0 aromatic heterocycles. The minimum Gasteiger partial charge on any atom is -0.449 e. The van der Waals surface area contributed by atoms with Gasteiger partial charge >= 0.3 is 18.1 Å². The second kappa shape index (κ2) is 14.7. The summed E-state index contributed by atoms with van der Waals surface area (Å²) in [6.45, 7) is 4.60. The molecule has 0 aliphatic heterocycles. The maximum atomic E-state index is 13.2. The van der Waals surface area contributed by atoms with Gasteiger partial charge in [0.1, 0.15) is 18.7 Å². The van der Waals surface area contributed by atoms with Crippen molar-refractivity contribution in [2.24, 2.45) is 11.7 Å². The molecular weight excluding hydrogens is 530 g/mol. The monoisotopic (exact) mass is 567 g/mol. The van der Waals surface area contributed by atoms with Crippen LogP contribution in [0.15, 0.2) is 48.5 Å². The lowest BCUT2D eigenvalue weighted by atomic mass is 9.98. The molecule has 0 heterocycles. The molecule has 41 heavy (non-hydrogen) atoms. The molecular formula is C29H37N5O7. The minimum atomic E-state index is -1.03. The predicted molar refractivity (Wildman–Crippen MR) is 150 cm³/mol. The number of alkyl carbamates (subject to hydrolysis) is 1. The van der Waals surface area contributed by atoms with Crippen molar-refractivity contribution in [3.05, 3.63) is 59.7 Å². The number of amides is 5. The summed E-state index contributed by atoms with van der Waals surface area (Å²) in [7, 11) is 0. The van der Waals surface area contributed by atoms with Crippen LogP contribution < -0.4 is 27.0 Å². The first-order valence-electron chi connectivity index (χ1n) is 13.4. The minimum absolute atomic E-state index is 0.0837. The highest BCUT2D eigenvalue weighted by Gasteiger charge is 2.31. The Morgan fingerprint density at radius 2 is 1.46 bits per heavy atom. The molecule has 6 N–H and O–H groups in total. The first kappa shape index (κ1) is 30.9. The lowest BCUT2D eigenvalue weighted by molar-refractivity contribution is -0.143. The van der Waals surface area contributed by atoms with Crippen LogP contribution in [0.5, 0.6) is 0 Å². The molecule has 0 fully saturated rings. The second-order valence-corrected chi connectivity index (χ2v) is 10.0. The van der Waals surface area contributed by atoms with Crippen LogP contribution in [0.25, 0.3) is 11.1 Å². The molecule has 2 aromatic rings. The molecule has 12 heteroatoms. The number of carbonyl (C=O) groups excluding carboxylic acids is 5. The Hall–Kier alpha value is -4.61. The Kier molecular flexibility index (Phi) is 11.1. The Bertz CT molecular complexity index is 1220. The fourth-order valence-electron chi connectivity index (χ4n) is 4.68. The third-order valence-corrected chi connectivity index (χ3v) is 6.69. The molecule has 0 saturated carbocycles. The van der Waals surface area contributed by atoms with Crippen LogP contribution in [0, 0.1) is 5.92 Å². The van der Waals surface area contributed by atoms with Gasteiger partial charge in [0.05, 0.1) is 0 Å². The van der Waals surface area contributed by atoms with Crippen LogP contribution in [0.4, 0.5) is 9.59 Å². The van der Waals surface area contributed by atoms with E-state index in [2.05, 4.69) is 21.3 Å². The smallest absolute Gasteiger partial charge is 0.407 e. The number of nitrogens with one attached hydrogen (secondary N) is 4. The van der Waals surface area contributed by atoms with Crippen molar-refractivity contribution in [2.75, 3.05) is 19.9 Å². The van der Waals surface area contributed by atoms with Gasteiger partial charge in [-0.1, -0.05) is 62.4 Å². The zero-order chi connectivity index (χ0) is 29.9. The van der Waals surface area contributed by atoms with E-state index >= 15 is 0 Å². The fourth-order valence-corrected chi connectivity index (χ4v) is 4.68. The predicted octanol–water partition coefficient (Wildman–Crippen LogP) is 2.12. The molecule has 1 aliphatic rings. The van der Waals surface area contributed by atoms with Crippen LogP contribution in [-0.4, -0.2) is 61.9 Å². The molecule has 12 nitrogen and oxygen atoms in total. The third kappa shape index (κ3) is 8.69. The molecule has 2 unspecified atom stereocenters. The van der Waals surface area contributed by atoms with E-state index < -0.39 is 42.0 Å². The Balaban J connectivity index is 1.62. The molecule has 220 valence electrons. The average Bonchev–Trinajstić information content (AvgIpc) is 3.25. The zero-order valence-electron chi connectivity index (χ0n) is 23.4. The van der Waals surface area contributed by atoms with Gasteiger partial charge in [0.25, 0.3) is 0 Å². The first-order valence-corrected chi connectivity index (χ1v) is 13.4. The van der Waals surface area contributed by atoms with Crippen LogP contribution in [-0.2, 0) is 23.9 Å². The number of fused-ring (bicyclic) bond motifs is 3. The number of esters is 1. The van der Waals surface area contributed by atoms with Gasteiger partial charge in [0.15, 0.2) is 6.73 Å². The van der Waals surface area contributed by atoms with Gasteiger partial charge in [0.2, 0.25) is 11.8 Å². The molecule has 2 atom stereocenters. The van der Waals surface area contributed by atoms with Crippen LogP contribution >= 0.6 is 0 Å². The molecule has 0 radical (unpaired) electrons. The normalized spacial score (nSPS) is 13.3. The summed E-state index contributed by atoms with van der Waals surface area (Å²) >= 11 is 0. The summed E-state index contributed by atoms with van der Waals surface area (Å²) in [5.74, 6) is -2.24. The number of benzene rings is 2. The van der Waals surface area contributed by atoms with Crippen LogP contribution in [0.2, 0.25) is 0 Å². The SMILES string of the molecule is CC(=O)OCNC(=O)C(CCCNC(N)=O)NC(=O)C(NC(=O)OCC1c2ccccc2-c2ccccc21)C(C)C. The van der Waals surface area contributed by atoms with E-state index in [9.17, 15) is 24.0 Å². The molecule has 5 amide bonds. The van der Waals surface area contributed by atoms with E-state index in [1.54, 1.807) is 13.8 Å². The highest BCUT2D eigenvalue weighted by atomic mass is 16.5. The quantitative estimate of drug-likeness (QED) is 0.140. The molecule has 1 aliphatic carbocycles. The lowest BCUT2D eigenvalue weighted by Gasteiger charge is -2.25. The fraction of sp³-hybridized carbons (Fsp3) is 0.414. The van der Waals surface area contributed by atoms with E-state index in [0.29, 0.717) is 6.42 Å². The number of ether oxygens (including phenoxy) is 2. The van der Waals surface area contributed by atoms with Crippen LogP contribution in [0.3, 0.4) is 0 Å². The topological polar surface area (TPSA) is 178 Å². The summed E-state index contributed by atoms with van der Waals surface area (Å²) in [6, 6.07) is 13.2. The molecule has 0 bridgehead atoms. The molecule has 0 spiro atoms. The van der Waals surface area contributed by atoms with E-state index in [4.69, 9.17) is 15.2 Å². The standard InChI is InChI=1S/C29H37N5O7/c1-17(2)25(27(37)33-24(13-8-14-31-28(30)38)26(36)32-16-41-18(3)35)34-29(39)40-15-23-21-11-6-4-9-19(21)20-10-5-7-12-22(20)23/h4-7,9-12,17,23-25H,8,13-16H2,1-3H3,(H,32,36)(H,33,37)(H,34,39)(H3,30,31,38). The van der Waals surface area contributed by atoms with Gasteiger partial charge < -0.3 is 36.5 Å². The maximum Gasteiger partial charge on any atom is 0.407 e. The van der Waals surface area contributed by atoms with Crippen molar-refractivity contribution in [3.63, 3.8) is 0 Å². The maximum absolute atomic E-state index is 13.2. The second-order valence-electron chi connectivity index (χ2n) is 10.0. The average molecular weight is 568 g/mol. The first-order chi connectivity index (χ1) is 19.6. The highest BCUT2D eigenvalue weighted by molar-refractivity contribution is 5.91. The van der Waals surface area contributed by atoms with Gasteiger partial charge in [-0.05, 0) is 41.0 Å². The number of carbonyl (C=O) groups is 5. The van der Waals surface area contributed by atoms with Crippen molar-refractivity contribution in [1.82, 2.24) is 21.3 Å². The Morgan fingerprint density at radius 1 is 0.854 bits per heavy atom. The van der Waals surface area contributed by atoms with E-state index in [1.165, 1.54) is 6.92 Å². The van der Waals surface area contributed by atoms with Gasteiger partial charge in [0, 0.05) is 19.4 Å². The summed E-state index contributed by atoms with van der Waals surface area (Å²) < 4.78 is 10.3. The van der Waals surface area contributed by atoms with Crippen molar-refractivity contribution >= 4 is 29.9 Å². The Morgan fingerprint density at radius 3 is 2.02 bits per heavy atom. The van der Waals surface area contributed by atoms with Gasteiger partial charge in [-0.2, -0.15) is 0 Å². The number of hydrogen-bond acceptors (Lipinski definition) is 7. The van der Waals surface area contributed by atoms with E-state index in [0.717, 1.165) is 22.3 Å². The summed E-state index contributed by atoms with van der Waals surface area (Å²) in [6.07, 6.45) is -0.295. The van der Waals surface area contributed by atoms with Crippen molar-refractivity contribution in [2.45, 2.75) is 51.6 Å². The summed E-state index contributed by atoms with van der Waals surface area (Å²) in [4.78, 5) is 60.7. The summed E-state index contributed by atoms with van der Waals surface area (Å²) in [5.41, 5.74) is 9.40. The van der Waals surface area contributed by atoms with Crippen LogP contribution in [0.1, 0.15) is 50.7 Å².